The standard InChI is InChI=1S/C18H13N3O3/c1-11(22)24-13-8-6-12(7-9-13)21-18(23)15-10-19-16-5-3-2-4-14(16)17(15)20-21/h2-10,20H,1H3. The molecule has 0 aliphatic carbocycles. The van der Waals surface area contributed by atoms with Crippen molar-refractivity contribution in [3.05, 3.63) is 65.1 Å². The van der Waals surface area contributed by atoms with Gasteiger partial charge in [0.2, 0.25) is 0 Å². The average molecular weight is 319 g/mol. The Morgan fingerprint density at radius 2 is 1.83 bits per heavy atom. The molecule has 0 bridgehead atoms. The Morgan fingerprint density at radius 3 is 2.58 bits per heavy atom. The number of esters is 1. The van der Waals surface area contributed by atoms with Crippen LogP contribution in [0, 0.1) is 0 Å². The van der Waals surface area contributed by atoms with Gasteiger partial charge in [-0.3, -0.25) is 19.7 Å². The van der Waals surface area contributed by atoms with Gasteiger partial charge in [0.25, 0.3) is 5.56 Å². The number of pyridine rings is 1. The van der Waals surface area contributed by atoms with Gasteiger partial charge in [-0.2, -0.15) is 0 Å². The zero-order chi connectivity index (χ0) is 16.7. The summed E-state index contributed by atoms with van der Waals surface area (Å²) >= 11 is 0. The first-order valence-electron chi connectivity index (χ1n) is 7.41. The third-order valence-corrected chi connectivity index (χ3v) is 3.79. The summed E-state index contributed by atoms with van der Waals surface area (Å²) in [6.45, 7) is 1.34. The lowest BCUT2D eigenvalue weighted by atomic mass is 10.2. The van der Waals surface area contributed by atoms with E-state index in [1.165, 1.54) is 11.6 Å². The number of H-pyrrole nitrogens is 1. The van der Waals surface area contributed by atoms with Gasteiger partial charge in [0, 0.05) is 18.5 Å². The van der Waals surface area contributed by atoms with Crippen molar-refractivity contribution in [2.24, 2.45) is 0 Å². The van der Waals surface area contributed by atoms with Crippen LogP contribution in [0.2, 0.25) is 0 Å². The molecule has 2 aromatic carbocycles. The third-order valence-electron chi connectivity index (χ3n) is 3.79. The Kier molecular flexibility index (Phi) is 3.16. The molecule has 1 N–H and O–H groups in total. The number of aromatic amines is 1. The van der Waals surface area contributed by atoms with Gasteiger partial charge in [-0.15, -0.1) is 0 Å². The number of benzene rings is 2. The minimum absolute atomic E-state index is 0.177. The first-order valence-corrected chi connectivity index (χ1v) is 7.41. The van der Waals surface area contributed by atoms with Crippen molar-refractivity contribution < 1.29 is 9.53 Å². The molecule has 6 nitrogen and oxygen atoms in total. The lowest BCUT2D eigenvalue weighted by Crippen LogP contribution is -2.14. The summed E-state index contributed by atoms with van der Waals surface area (Å²) in [5.74, 6) is 0.0469. The maximum absolute atomic E-state index is 12.6. The first kappa shape index (κ1) is 14.2. The van der Waals surface area contributed by atoms with Crippen molar-refractivity contribution in [1.29, 1.82) is 0 Å². The van der Waals surface area contributed by atoms with Crippen LogP contribution in [0.4, 0.5) is 0 Å². The Labute approximate surface area is 136 Å². The highest BCUT2D eigenvalue weighted by atomic mass is 16.5. The van der Waals surface area contributed by atoms with Crippen LogP contribution in [0.15, 0.2) is 59.5 Å². The number of nitrogens with zero attached hydrogens (tertiary/aromatic N) is 2. The van der Waals surface area contributed by atoms with Gasteiger partial charge >= 0.3 is 5.97 Å². The maximum Gasteiger partial charge on any atom is 0.308 e. The van der Waals surface area contributed by atoms with E-state index < -0.39 is 0 Å². The van der Waals surface area contributed by atoms with Crippen molar-refractivity contribution in [2.75, 3.05) is 0 Å². The minimum atomic E-state index is -0.386. The Balaban J connectivity index is 1.88. The maximum atomic E-state index is 12.6. The second-order valence-electron chi connectivity index (χ2n) is 5.40. The number of aromatic nitrogens is 3. The van der Waals surface area contributed by atoms with Crippen LogP contribution >= 0.6 is 0 Å². The third kappa shape index (κ3) is 2.25. The molecule has 24 heavy (non-hydrogen) atoms. The van der Waals surface area contributed by atoms with Crippen LogP contribution < -0.4 is 10.3 Å². The predicted molar refractivity (Wildman–Crippen MR) is 90.5 cm³/mol. The number of carbonyl (C=O) groups is 1. The van der Waals surface area contributed by atoms with Crippen LogP contribution in [0.3, 0.4) is 0 Å². The predicted octanol–water partition coefficient (Wildman–Crippen LogP) is 2.79. The van der Waals surface area contributed by atoms with E-state index in [4.69, 9.17) is 4.74 Å². The highest BCUT2D eigenvalue weighted by molar-refractivity contribution is 6.02. The summed E-state index contributed by atoms with van der Waals surface area (Å²) < 4.78 is 6.46. The van der Waals surface area contributed by atoms with Gasteiger partial charge < -0.3 is 4.74 Å². The Morgan fingerprint density at radius 1 is 1.08 bits per heavy atom. The SMILES string of the molecule is CC(=O)Oc1ccc(-n2[nH]c3c(cnc4ccccc43)c2=O)cc1. The second-order valence-corrected chi connectivity index (χ2v) is 5.40. The molecule has 0 aliphatic rings. The normalized spacial score (nSPS) is 11.0. The van der Waals surface area contributed by atoms with Crippen LogP contribution in [0.1, 0.15) is 6.92 Å². The van der Waals surface area contributed by atoms with Crippen LogP contribution in [-0.2, 0) is 4.79 Å². The van der Waals surface area contributed by atoms with Gasteiger partial charge in [0.15, 0.2) is 0 Å². The highest BCUT2D eigenvalue weighted by Crippen LogP contribution is 2.21. The van der Waals surface area contributed by atoms with Crippen molar-refractivity contribution >= 4 is 27.8 Å². The van der Waals surface area contributed by atoms with Crippen LogP contribution in [0.25, 0.3) is 27.5 Å². The molecule has 118 valence electrons. The molecule has 2 aromatic heterocycles. The molecule has 0 spiro atoms. The smallest absolute Gasteiger partial charge is 0.308 e. The summed E-state index contributed by atoms with van der Waals surface area (Å²) in [6, 6.07) is 14.4. The summed E-state index contributed by atoms with van der Waals surface area (Å²) in [5, 5.41) is 4.56. The molecular formula is C18H13N3O3. The number of para-hydroxylation sites is 1. The minimum Gasteiger partial charge on any atom is -0.427 e. The van der Waals surface area contributed by atoms with E-state index in [0.717, 1.165) is 16.4 Å². The molecule has 0 saturated carbocycles. The van der Waals surface area contributed by atoms with E-state index in [0.29, 0.717) is 16.8 Å². The van der Waals surface area contributed by atoms with Crippen molar-refractivity contribution in [3.8, 4) is 11.4 Å². The number of rotatable bonds is 2. The number of fused-ring (bicyclic) bond motifs is 3. The monoisotopic (exact) mass is 319 g/mol. The van der Waals surface area contributed by atoms with Crippen molar-refractivity contribution in [3.63, 3.8) is 0 Å². The average Bonchev–Trinajstić information content (AvgIpc) is 2.92. The molecule has 0 radical (unpaired) electrons. The van der Waals surface area contributed by atoms with E-state index >= 15 is 0 Å². The molecule has 4 rings (SSSR count). The zero-order valence-corrected chi connectivity index (χ0v) is 12.8. The summed E-state index contributed by atoms with van der Waals surface area (Å²) in [7, 11) is 0. The molecule has 0 aliphatic heterocycles. The zero-order valence-electron chi connectivity index (χ0n) is 12.8. The van der Waals surface area contributed by atoms with Crippen molar-refractivity contribution in [1.82, 2.24) is 14.8 Å². The fourth-order valence-corrected chi connectivity index (χ4v) is 2.72. The van der Waals surface area contributed by atoms with E-state index in [2.05, 4.69) is 10.1 Å². The molecular weight excluding hydrogens is 306 g/mol. The molecule has 6 heteroatoms. The van der Waals surface area contributed by atoms with Gasteiger partial charge in [0.05, 0.1) is 22.1 Å². The summed E-state index contributed by atoms with van der Waals surface area (Å²) in [4.78, 5) is 27.9. The largest absolute Gasteiger partial charge is 0.427 e. The van der Waals surface area contributed by atoms with Crippen LogP contribution in [-0.4, -0.2) is 20.7 Å². The van der Waals surface area contributed by atoms with Gasteiger partial charge in [-0.25, -0.2) is 4.68 Å². The number of hydrogen-bond donors (Lipinski definition) is 1. The molecule has 0 atom stereocenters. The fraction of sp³-hybridized carbons (Fsp3) is 0.0556. The Bertz CT molecular complexity index is 1120. The highest BCUT2D eigenvalue weighted by Gasteiger charge is 2.11. The molecule has 4 aromatic rings. The molecule has 0 saturated heterocycles. The lowest BCUT2D eigenvalue weighted by Gasteiger charge is -2.04. The molecule has 0 unspecified atom stereocenters. The van der Waals surface area contributed by atoms with Crippen molar-refractivity contribution in [2.45, 2.75) is 6.92 Å². The topological polar surface area (TPSA) is 77.0 Å². The number of nitrogens with one attached hydrogen (secondary N) is 1. The Hall–Kier alpha value is -3.41. The van der Waals surface area contributed by atoms with E-state index in [1.807, 2.05) is 24.3 Å². The first-order chi connectivity index (χ1) is 11.6. The van der Waals surface area contributed by atoms with E-state index in [-0.39, 0.29) is 11.5 Å². The lowest BCUT2D eigenvalue weighted by molar-refractivity contribution is -0.131. The van der Waals surface area contributed by atoms with E-state index in [1.54, 1.807) is 30.5 Å². The molecule has 2 heterocycles. The van der Waals surface area contributed by atoms with Crippen LogP contribution in [0.5, 0.6) is 5.75 Å². The fourth-order valence-electron chi connectivity index (χ4n) is 2.72. The summed E-state index contributed by atoms with van der Waals surface area (Å²) in [5.41, 5.74) is 2.04. The second kappa shape index (κ2) is 5.34. The molecule has 0 amide bonds. The van der Waals surface area contributed by atoms with Gasteiger partial charge in [0.1, 0.15) is 5.75 Å². The number of carbonyl (C=O) groups excluding carboxylic acids is 1. The molecule has 0 fully saturated rings. The van der Waals surface area contributed by atoms with Gasteiger partial charge in [-0.05, 0) is 30.3 Å². The summed E-state index contributed by atoms with van der Waals surface area (Å²) in [6.07, 6.45) is 1.58. The van der Waals surface area contributed by atoms with Gasteiger partial charge in [-0.1, -0.05) is 18.2 Å². The number of hydrogen-bond acceptors (Lipinski definition) is 4. The quantitative estimate of drug-likeness (QED) is 0.455. The number of ether oxygens (including phenoxy) is 1. The van der Waals surface area contributed by atoms with E-state index in [9.17, 15) is 9.59 Å².